The van der Waals surface area contributed by atoms with Crippen molar-refractivity contribution in [2.45, 2.75) is 32.4 Å². The zero-order valence-corrected chi connectivity index (χ0v) is 14.7. The number of fused-ring (bicyclic) bond motifs is 1. The van der Waals surface area contributed by atoms with Crippen LogP contribution < -0.4 is 11.1 Å². The summed E-state index contributed by atoms with van der Waals surface area (Å²) in [5, 5.41) is 3.88. The van der Waals surface area contributed by atoms with E-state index in [1.54, 1.807) is 11.8 Å². The number of rotatable bonds is 4. The summed E-state index contributed by atoms with van der Waals surface area (Å²) in [4.78, 5) is 17.4. The molecule has 6 heteroatoms. The van der Waals surface area contributed by atoms with Gasteiger partial charge >= 0.3 is 0 Å². The van der Waals surface area contributed by atoms with E-state index >= 15 is 0 Å². The molecule has 3 N–H and O–H groups in total. The monoisotopic (exact) mass is 323 g/mol. The van der Waals surface area contributed by atoms with Crippen molar-refractivity contribution in [3.8, 4) is 0 Å². The lowest BCUT2D eigenvalue weighted by Crippen LogP contribution is -2.35. The summed E-state index contributed by atoms with van der Waals surface area (Å²) in [5.41, 5.74) is 8.53. The van der Waals surface area contributed by atoms with Crippen molar-refractivity contribution in [1.82, 2.24) is 10.3 Å². The lowest BCUT2D eigenvalue weighted by molar-refractivity contribution is 0.0955. The summed E-state index contributed by atoms with van der Waals surface area (Å²) < 4.78 is 1.03. The number of nitrogens with one attached hydrogen (secondary N) is 1. The molecular weight excluding hydrogens is 302 g/mol. The van der Waals surface area contributed by atoms with Gasteiger partial charge in [0.05, 0.1) is 5.69 Å². The molecule has 21 heavy (non-hydrogen) atoms. The summed E-state index contributed by atoms with van der Waals surface area (Å²) in [6, 6.07) is 1.98. The van der Waals surface area contributed by atoms with Gasteiger partial charge in [-0.15, -0.1) is 11.3 Å². The highest BCUT2D eigenvalue weighted by Gasteiger charge is 2.21. The molecule has 0 aliphatic heterocycles. The molecule has 2 heterocycles. The highest BCUT2D eigenvalue weighted by atomic mass is 32.2. The minimum absolute atomic E-state index is 0.00909. The van der Waals surface area contributed by atoms with Gasteiger partial charge < -0.3 is 11.1 Å². The van der Waals surface area contributed by atoms with Crippen molar-refractivity contribution in [3.63, 3.8) is 0 Å². The molecule has 4 nitrogen and oxygen atoms in total. The van der Waals surface area contributed by atoms with E-state index in [-0.39, 0.29) is 10.7 Å². The van der Waals surface area contributed by atoms with Gasteiger partial charge in [0.2, 0.25) is 0 Å². The minimum Gasteiger partial charge on any atom is -0.397 e. The largest absolute Gasteiger partial charge is 0.397 e. The van der Waals surface area contributed by atoms with Gasteiger partial charge in [0, 0.05) is 32.8 Å². The molecule has 0 atom stereocenters. The van der Waals surface area contributed by atoms with Crippen LogP contribution in [0.4, 0.5) is 5.69 Å². The van der Waals surface area contributed by atoms with E-state index in [1.807, 2.05) is 26.2 Å². The van der Waals surface area contributed by atoms with Crippen LogP contribution >= 0.6 is 23.1 Å². The average Bonchev–Trinajstić information content (AvgIpc) is 2.73. The van der Waals surface area contributed by atoms with Crippen molar-refractivity contribution in [3.05, 3.63) is 22.3 Å². The Morgan fingerprint density at radius 1 is 1.48 bits per heavy atom. The number of hydrogen-bond donors (Lipinski definition) is 2. The number of thioether (sulfide) groups is 1. The van der Waals surface area contributed by atoms with Crippen molar-refractivity contribution in [2.24, 2.45) is 0 Å². The van der Waals surface area contributed by atoms with Gasteiger partial charge in [-0.25, -0.2) is 0 Å². The van der Waals surface area contributed by atoms with Crippen molar-refractivity contribution >= 4 is 44.8 Å². The van der Waals surface area contributed by atoms with Crippen LogP contribution in [-0.4, -0.2) is 28.4 Å². The first-order valence-corrected chi connectivity index (χ1v) is 8.79. The Morgan fingerprint density at radius 3 is 2.76 bits per heavy atom. The Morgan fingerprint density at radius 2 is 2.14 bits per heavy atom. The molecule has 2 aromatic heterocycles. The molecule has 0 unspecified atom stereocenters. The predicted molar refractivity (Wildman–Crippen MR) is 93.4 cm³/mol. The van der Waals surface area contributed by atoms with Crippen LogP contribution in [0.15, 0.2) is 6.07 Å². The zero-order chi connectivity index (χ0) is 15.8. The first-order chi connectivity index (χ1) is 9.75. The maximum Gasteiger partial charge on any atom is 0.263 e. The molecular formula is C15H21N3OS2. The van der Waals surface area contributed by atoms with Crippen LogP contribution in [-0.2, 0) is 0 Å². The van der Waals surface area contributed by atoms with Crippen LogP contribution in [0.25, 0.3) is 10.1 Å². The van der Waals surface area contributed by atoms with E-state index in [2.05, 4.69) is 24.1 Å². The Balaban J connectivity index is 2.32. The molecule has 0 fully saturated rings. The average molecular weight is 323 g/mol. The van der Waals surface area contributed by atoms with Gasteiger partial charge in [0.15, 0.2) is 0 Å². The first-order valence-electron chi connectivity index (χ1n) is 6.75. The number of aryl methyl sites for hydroxylation is 2. The third-order valence-corrected chi connectivity index (χ3v) is 5.85. The number of thiophene rings is 1. The van der Waals surface area contributed by atoms with E-state index in [0.29, 0.717) is 17.1 Å². The number of nitrogen functional groups attached to an aromatic ring is 1. The smallest absolute Gasteiger partial charge is 0.263 e. The lowest BCUT2D eigenvalue weighted by atomic mass is 10.2. The normalized spacial score (nSPS) is 11.9. The van der Waals surface area contributed by atoms with Crippen molar-refractivity contribution < 1.29 is 4.79 Å². The number of nitrogens with zero attached hydrogens (tertiary/aromatic N) is 1. The van der Waals surface area contributed by atoms with Crippen LogP contribution in [0.1, 0.15) is 34.9 Å². The molecule has 1 amide bonds. The van der Waals surface area contributed by atoms with E-state index in [4.69, 9.17) is 5.73 Å². The zero-order valence-electron chi connectivity index (χ0n) is 13.0. The summed E-state index contributed by atoms with van der Waals surface area (Å²) in [7, 11) is 0. The second-order valence-corrected chi connectivity index (χ2v) is 8.28. The molecule has 0 aliphatic carbocycles. The van der Waals surface area contributed by atoms with Gasteiger partial charge in [-0.1, -0.05) is 0 Å². The SMILES string of the molecule is CSC(C)(C)CNC(=O)c1sc2cc(C)nc(C)c2c1N. The van der Waals surface area contributed by atoms with E-state index in [1.165, 1.54) is 11.3 Å². The molecule has 0 aromatic carbocycles. The van der Waals surface area contributed by atoms with Gasteiger partial charge in [-0.05, 0) is 40.0 Å². The highest BCUT2D eigenvalue weighted by molar-refractivity contribution is 7.99. The third-order valence-electron chi connectivity index (χ3n) is 3.45. The Bertz CT molecular complexity index is 692. The summed E-state index contributed by atoms with van der Waals surface area (Å²) in [5.74, 6) is -0.104. The fraction of sp³-hybridized carbons (Fsp3) is 0.467. The van der Waals surface area contributed by atoms with Crippen molar-refractivity contribution in [2.75, 3.05) is 18.5 Å². The second kappa shape index (κ2) is 5.85. The molecule has 0 saturated heterocycles. The summed E-state index contributed by atoms with van der Waals surface area (Å²) in [6.45, 7) is 8.68. The van der Waals surface area contributed by atoms with E-state index in [9.17, 15) is 4.79 Å². The fourth-order valence-electron chi connectivity index (χ4n) is 2.09. The van der Waals surface area contributed by atoms with Crippen LogP contribution in [0.2, 0.25) is 0 Å². The molecule has 0 aliphatic rings. The number of pyridine rings is 1. The molecule has 0 spiro atoms. The molecule has 0 bridgehead atoms. The van der Waals surface area contributed by atoms with Gasteiger partial charge in [0.1, 0.15) is 4.88 Å². The van der Waals surface area contributed by atoms with Gasteiger partial charge in [-0.3, -0.25) is 9.78 Å². The maximum absolute atomic E-state index is 12.4. The first kappa shape index (κ1) is 16.1. The number of carbonyl (C=O) groups is 1. The number of aromatic nitrogens is 1. The standard InChI is InChI=1S/C15H21N3OS2/c1-8-6-10-11(9(2)18-8)12(16)13(21-10)14(19)17-7-15(3,4)20-5/h6H,7,16H2,1-5H3,(H,17,19). The Kier molecular flexibility index (Phi) is 4.49. The second-order valence-electron chi connectivity index (χ2n) is 5.71. The van der Waals surface area contributed by atoms with Crippen molar-refractivity contribution in [1.29, 1.82) is 0 Å². The molecule has 0 radical (unpaired) electrons. The number of nitrogens with two attached hydrogens (primary N) is 1. The topological polar surface area (TPSA) is 68.0 Å². The highest BCUT2D eigenvalue weighted by Crippen LogP contribution is 2.35. The number of amides is 1. The molecule has 114 valence electrons. The van der Waals surface area contributed by atoms with Gasteiger partial charge in [-0.2, -0.15) is 11.8 Å². The number of hydrogen-bond acceptors (Lipinski definition) is 5. The van der Waals surface area contributed by atoms with E-state index < -0.39 is 0 Å². The number of carbonyl (C=O) groups excluding carboxylic acids is 1. The molecule has 0 saturated carbocycles. The van der Waals surface area contributed by atoms with Crippen LogP contribution in [0.5, 0.6) is 0 Å². The number of anilines is 1. The quantitative estimate of drug-likeness (QED) is 0.905. The minimum atomic E-state index is -0.104. The summed E-state index contributed by atoms with van der Waals surface area (Å²) in [6.07, 6.45) is 2.04. The molecule has 2 aromatic rings. The predicted octanol–water partition coefficient (Wildman–Crippen LogP) is 3.37. The van der Waals surface area contributed by atoms with Gasteiger partial charge in [0.25, 0.3) is 5.91 Å². The Hall–Kier alpha value is -1.27. The van der Waals surface area contributed by atoms with E-state index in [0.717, 1.165) is 21.5 Å². The Labute approximate surface area is 133 Å². The van der Waals surface area contributed by atoms with Crippen LogP contribution in [0, 0.1) is 13.8 Å². The maximum atomic E-state index is 12.4. The third kappa shape index (κ3) is 3.32. The summed E-state index contributed by atoms with van der Waals surface area (Å²) >= 11 is 3.16. The lowest BCUT2D eigenvalue weighted by Gasteiger charge is -2.22. The fourth-order valence-corrected chi connectivity index (χ4v) is 3.50. The van der Waals surface area contributed by atoms with Crippen LogP contribution in [0.3, 0.4) is 0 Å². The molecule has 2 rings (SSSR count).